The van der Waals surface area contributed by atoms with Crippen molar-refractivity contribution in [3.8, 4) is 0 Å². The molecule has 2 nitrogen and oxygen atoms in total. The van der Waals surface area contributed by atoms with Crippen molar-refractivity contribution in [2.24, 2.45) is 0 Å². The van der Waals surface area contributed by atoms with Crippen LogP contribution in [0.4, 0.5) is 0 Å². The maximum atomic E-state index is 5.64. The van der Waals surface area contributed by atoms with E-state index in [0.29, 0.717) is 12.6 Å². The molecule has 1 rings (SSSR count). The minimum Gasteiger partial charge on any atom is -0.375 e. The monoisotopic (exact) mass is 225 g/mol. The maximum Gasteiger partial charge on any atom is 0.0717 e. The van der Waals surface area contributed by atoms with Crippen molar-refractivity contribution in [3.05, 3.63) is 35.9 Å². The fraction of sp³-hybridized carbons (Fsp3) is 0.500. The molecule has 1 atom stereocenters. The molecule has 0 saturated heterocycles. The Morgan fingerprint density at radius 2 is 1.93 bits per heavy atom. The molecule has 0 saturated carbocycles. The molecule has 15 heavy (non-hydrogen) atoms. The predicted octanol–water partition coefficient (Wildman–Crippen LogP) is 2.06. The molecule has 0 fully saturated rings. The highest BCUT2D eigenvalue weighted by Gasteiger charge is 2.08. The third kappa shape index (κ3) is 4.69. The van der Waals surface area contributed by atoms with Gasteiger partial charge in [0.05, 0.1) is 13.2 Å². The molecule has 0 aromatic heterocycles. The second kappa shape index (κ2) is 6.88. The Kier molecular flexibility index (Phi) is 5.76. The predicted molar refractivity (Wildman–Crippen MR) is 67.4 cm³/mol. The second-order valence-electron chi connectivity index (χ2n) is 3.80. The number of ether oxygens (including phenoxy) is 1. The van der Waals surface area contributed by atoms with E-state index in [1.165, 1.54) is 5.56 Å². The van der Waals surface area contributed by atoms with Crippen molar-refractivity contribution in [2.45, 2.75) is 12.6 Å². The van der Waals surface area contributed by atoms with E-state index in [9.17, 15) is 0 Å². The van der Waals surface area contributed by atoms with E-state index in [1.807, 2.05) is 32.3 Å². The molecular weight excluding hydrogens is 206 g/mol. The van der Waals surface area contributed by atoms with Crippen LogP contribution in [-0.4, -0.2) is 37.4 Å². The highest BCUT2D eigenvalue weighted by Crippen LogP contribution is 2.03. The Morgan fingerprint density at radius 1 is 1.27 bits per heavy atom. The molecule has 0 spiro atoms. The Labute approximate surface area is 97.6 Å². The zero-order valence-electron chi connectivity index (χ0n) is 9.39. The third-order valence-corrected chi connectivity index (χ3v) is 2.78. The van der Waals surface area contributed by atoms with Crippen molar-refractivity contribution in [1.29, 1.82) is 0 Å². The summed E-state index contributed by atoms with van der Waals surface area (Å²) in [4.78, 5) is 2.14. The van der Waals surface area contributed by atoms with E-state index >= 15 is 0 Å². The van der Waals surface area contributed by atoms with E-state index in [4.69, 9.17) is 4.74 Å². The van der Waals surface area contributed by atoms with Crippen molar-refractivity contribution >= 4 is 12.6 Å². The molecular formula is C12H19NOS. The molecule has 0 heterocycles. The van der Waals surface area contributed by atoms with Crippen LogP contribution in [0.3, 0.4) is 0 Å². The lowest BCUT2D eigenvalue weighted by molar-refractivity contribution is 0.0767. The van der Waals surface area contributed by atoms with Crippen molar-refractivity contribution in [2.75, 3.05) is 26.5 Å². The van der Waals surface area contributed by atoms with Gasteiger partial charge in [-0.05, 0) is 19.7 Å². The standard InChI is InChI=1S/C12H19NOS/c1-13(2)12(10-15)9-14-8-11-6-4-3-5-7-11/h3-7,12,15H,8-10H2,1-2H3. The van der Waals surface area contributed by atoms with Crippen molar-refractivity contribution < 1.29 is 4.74 Å². The van der Waals surface area contributed by atoms with Gasteiger partial charge < -0.3 is 9.64 Å². The molecule has 0 N–H and O–H groups in total. The summed E-state index contributed by atoms with van der Waals surface area (Å²) in [5.74, 6) is 0.821. The molecule has 0 bridgehead atoms. The number of thiol groups is 1. The minimum absolute atomic E-state index is 0.386. The molecule has 3 heteroatoms. The van der Waals surface area contributed by atoms with E-state index in [-0.39, 0.29) is 0 Å². The fourth-order valence-electron chi connectivity index (χ4n) is 1.25. The topological polar surface area (TPSA) is 12.5 Å². The molecule has 84 valence electrons. The Balaban J connectivity index is 2.27. The first-order chi connectivity index (χ1) is 7.24. The number of nitrogens with zero attached hydrogens (tertiary/aromatic N) is 1. The van der Waals surface area contributed by atoms with Crippen LogP contribution in [0.25, 0.3) is 0 Å². The van der Waals surface area contributed by atoms with Crippen LogP contribution in [0.15, 0.2) is 30.3 Å². The van der Waals surface area contributed by atoms with Crippen LogP contribution in [0.5, 0.6) is 0 Å². The molecule has 0 aliphatic carbocycles. The minimum atomic E-state index is 0.386. The molecule has 1 aromatic carbocycles. The molecule has 1 unspecified atom stereocenters. The first-order valence-corrected chi connectivity index (χ1v) is 5.76. The normalized spacial score (nSPS) is 13.1. The van der Waals surface area contributed by atoms with Crippen LogP contribution in [-0.2, 0) is 11.3 Å². The van der Waals surface area contributed by atoms with Crippen LogP contribution < -0.4 is 0 Å². The number of hydrogen-bond donors (Lipinski definition) is 1. The fourth-order valence-corrected chi connectivity index (χ4v) is 1.68. The first-order valence-electron chi connectivity index (χ1n) is 5.13. The first kappa shape index (κ1) is 12.6. The van der Waals surface area contributed by atoms with Gasteiger partial charge in [-0.25, -0.2) is 0 Å². The average Bonchev–Trinajstić information content (AvgIpc) is 2.25. The van der Waals surface area contributed by atoms with E-state index in [2.05, 4.69) is 29.7 Å². The summed E-state index contributed by atoms with van der Waals surface area (Å²) in [6.07, 6.45) is 0. The summed E-state index contributed by atoms with van der Waals surface area (Å²) in [7, 11) is 4.10. The Hall–Kier alpha value is -0.510. The third-order valence-electron chi connectivity index (χ3n) is 2.36. The Morgan fingerprint density at radius 3 is 2.47 bits per heavy atom. The summed E-state index contributed by atoms with van der Waals surface area (Å²) >= 11 is 4.29. The van der Waals surface area contributed by atoms with E-state index in [1.54, 1.807) is 0 Å². The van der Waals surface area contributed by atoms with Crippen LogP contribution >= 0.6 is 12.6 Å². The van der Waals surface area contributed by atoms with Crippen molar-refractivity contribution in [3.63, 3.8) is 0 Å². The maximum absolute atomic E-state index is 5.64. The van der Waals surface area contributed by atoms with Gasteiger partial charge in [-0.3, -0.25) is 0 Å². The summed E-state index contributed by atoms with van der Waals surface area (Å²) in [5.41, 5.74) is 1.22. The smallest absolute Gasteiger partial charge is 0.0717 e. The number of hydrogen-bond acceptors (Lipinski definition) is 3. The van der Waals surface area contributed by atoms with Gasteiger partial charge in [0.25, 0.3) is 0 Å². The number of rotatable bonds is 6. The molecule has 0 aliphatic heterocycles. The zero-order valence-corrected chi connectivity index (χ0v) is 10.3. The lowest BCUT2D eigenvalue weighted by Crippen LogP contribution is -2.33. The molecule has 0 amide bonds. The summed E-state index contributed by atoms with van der Waals surface area (Å²) in [6.45, 7) is 1.41. The highest BCUT2D eigenvalue weighted by atomic mass is 32.1. The van der Waals surface area contributed by atoms with E-state index in [0.717, 1.165) is 12.4 Å². The van der Waals surface area contributed by atoms with Gasteiger partial charge in [0.2, 0.25) is 0 Å². The average molecular weight is 225 g/mol. The van der Waals surface area contributed by atoms with Gasteiger partial charge in [-0.1, -0.05) is 30.3 Å². The quantitative estimate of drug-likeness (QED) is 0.744. The van der Waals surface area contributed by atoms with Gasteiger partial charge in [-0.15, -0.1) is 0 Å². The van der Waals surface area contributed by atoms with Crippen LogP contribution in [0, 0.1) is 0 Å². The molecule has 0 radical (unpaired) electrons. The van der Waals surface area contributed by atoms with Crippen LogP contribution in [0.1, 0.15) is 5.56 Å². The van der Waals surface area contributed by atoms with Gasteiger partial charge in [-0.2, -0.15) is 12.6 Å². The summed E-state index contributed by atoms with van der Waals surface area (Å²) in [6, 6.07) is 10.6. The summed E-state index contributed by atoms with van der Waals surface area (Å²) in [5, 5.41) is 0. The van der Waals surface area contributed by atoms with E-state index < -0.39 is 0 Å². The number of likely N-dealkylation sites (N-methyl/N-ethyl adjacent to an activating group) is 1. The number of benzene rings is 1. The SMILES string of the molecule is CN(C)C(CS)COCc1ccccc1. The summed E-state index contributed by atoms with van der Waals surface area (Å²) < 4.78 is 5.64. The lowest BCUT2D eigenvalue weighted by Gasteiger charge is -2.22. The highest BCUT2D eigenvalue weighted by molar-refractivity contribution is 7.80. The van der Waals surface area contributed by atoms with Crippen molar-refractivity contribution in [1.82, 2.24) is 4.90 Å². The van der Waals surface area contributed by atoms with Gasteiger partial charge in [0.1, 0.15) is 0 Å². The van der Waals surface area contributed by atoms with Gasteiger partial charge in [0, 0.05) is 11.8 Å². The van der Waals surface area contributed by atoms with Crippen LogP contribution in [0.2, 0.25) is 0 Å². The second-order valence-corrected chi connectivity index (χ2v) is 4.17. The van der Waals surface area contributed by atoms with Gasteiger partial charge in [0.15, 0.2) is 0 Å². The van der Waals surface area contributed by atoms with Gasteiger partial charge >= 0.3 is 0 Å². The Bertz CT molecular complexity index is 264. The largest absolute Gasteiger partial charge is 0.375 e. The molecule has 0 aliphatic rings. The molecule has 1 aromatic rings. The zero-order chi connectivity index (χ0) is 11.1. The lowest BCUT2D eigenvalue weighted by atomic mass is 10.2.